The maximum absolute atomic E-state index is 13.3. The average Bonchev–Trinajstić information content (AvgIpc) is 2.96. The van der Waals surface area contributed by atoms with E-state index in [0.29, 0.717) is 5.75 Å². The first-order valence-corrected chi connectivity index (χ1v) is 9.82. The van der Waals surface area contributed by atoms with Gasteiger partial charge in [-0.2, -0.15) is 0 Å². The molecule has 0 bridgehead atoms. The molecule has 0 aliphatic rings. The standard InChI is InChI=1S/C17H18FN5S2/c1-4-24-17-22-21-15(23(17)14-7-5-13(18)6-8-14)10-25-16-19-11(2)9-12(3)20-16/h5-9H,4,10H2,1-3H3. The largest absolute Gasteiger partial charge is 0.273 e. The van der Waals surface area contributed by atoms with E-state index in [2.05, 4.69) is 27.1 Å². The van der Waals surface area contributed by atoms with Gasteiger partial charge in [0.25, 0.3) is 0 Å². The molecule has 25 heavy (non-hydrogen) atoms. The van der Waals surface area contributed by atoms with Crippen molar-refractivity contribution in [2.45, 2.75) is 36.8 Å². The van der Waals surface area contributed by atoms with Crippen LogP contribution in [0.1, 0.15) is 24.1 Å². The molecule has 0 spiro atoms. The van der Waals surface area contributed by atoms with Crippen molar-refractivity contribution >= 4 is 23.5 Å². The summed E-state index contributed by atoms with van der Waals surface area (Å²) in [6.45, 7) is 5.97. The van der Waals surface area contributed by atoms with Crippen LogP contribution in [0, 0.1) is 19.7 Å². The lowest BCUT2D eigenvalue weighted by Crippen LogP contribution is -2.03. The van der Waals surface area contributed by atoms with Gasteiger partial charge in [0.1, 0.15) is 11.6 Å². The number of benzene rings is 1. The Bertz CT molecular complexity index is 844. The quantitative estimate of drug-likeness (QED) is 0.475. The maximum atomic E-state index is 13.3. The van der Waals surface area contributed by atoms with E-state index in [-0.39, 0.29) is 5.82 Å². The van der Waals surface area contributed by atoms with Gasteiger partial charge in [0.05, 0.1) is 5.75 Å². The molecule has 0 aliphatic carbocycles. The second kappa shape index (κ2) is 7.97. The van der Waals surface area contributed by atoms with Crippen molar-refractivity contribution in [1.29, 1.82) is 0 Å². The highest BCUT2D eigenvalue weighted by Crippen LogP contribution is 2.26. The third-order valence-electron chi connectivity index (χ3n) is 3.35. The highest BCUT2D eigenvalue weighted by atomic mass is 32.2. The van der Waals surface area contributed by atoms with Crippen LogP contribution in [0.15, 0.2) is 40.6 Å². The number of hydrogen-bond acceptors (Lipinski definition) is 6. The second-order valence-electron chi connectivity index (χ2n) is 5.37. The Kier molecular flexibility index (Phi) is 5.70. The molecule has 0 atom stereocenters. The number of hydrogen-bond donors (Lipinski definition) is 0. The average molecular weight is 375 g/mol. The zero-order chi connectivity index (χ0) is 17.8. The Morgan fingerprint density at radius 2 is 1.68 bits per heavy atom. The molecular weight excluding hydrogens is 357 g/mol. The van der Waals surface area contributed by atoms with Gasteiger partial charge in [-0.25, -0.2) is 14.4 Å². The second-order valence-corrected chi connectivity index (χ2v) is 7.54. The van der Waals surface area contributed by atoms with Crippen molar-refractivity contribution in [1.82, 2.24) is 24.7 Å². The van der Waals surface area contributed by atoms with Crippen LogP contribution in [0.3, 0.4) is 0 Å². The van der Waals surface area contributed by atoms with Gasteiger partial charge < -0.3 is 0 Å². The van der Waals surface area contributed by atoms with Crippen molar-refractivity contribution in [2.75, 3.05) is 5.75 Å². The van der Waals surface area contributed by atoms with Crippen molar-refractivity contribution in [3.63, 3.8) is 0 Å². The summed E-state index contributed by atoms with van der Waals surface area (Å²) in [6, 6.07) is 8.31. The molecule has 3 rings (SSSR count). The molecule has 0 aliphatic heterocycles. The van der Waals surface area contributed by atoms with Gasteiger partial charge in [-0.05, 0) is 49.9 Å². The first-order chi connectivity index (χ1) is 12.1. The molecule has 5 nitrogen and oxygen atoms in total. The smallest absolute Gasteiger partial charge is 0.195 e. The zero-order valence-corrected chi connectivity index (χ0v) is 15.9. The number of aryl methyl sites for hydroxylation is 2. The normalized spacial score (nSPS) is 11.0. The predicted octanol–water partition coefficient (Wildman–Crippen LogP) is 4.22. The Morgan fingerprint density at radius 3 is 2.32 bits per heavy atom. The molecule has 3 aromatic rings. The van der Waals surface area contributed by atoms with E-state index in [1.165, 1.54) is 23.9 Å². The highest BCUT2D eigenvalue weighted by molar-refractivity contribution is 7.99. The molecule has 0 fully saturated rings. The van der Waals surface area contributed by atoms with Gasteiger partial charge in [0.2, 0.25) is 0 Å². The van der Waals surface area contributed by atoms with Crippen LogP contribution in [-0.2, 0) is 5.75 Å². The number of nitrogens with zero attached hydrogens (tertiary/aromatic N) is 5. The number of thioether (sulfide) groups is 2. The lowest BCUT2D eigenvalue weighted by molar-refractivity contribution is 0.627. The first-order valence-electron chi connectivity index (χ1n) is 7.85. The molecule has 0 unspecified atom stereocenters. The summed E-state index contributed by atoms with van der Waals surface area (Å²) in [6.07, 6.45) is 0. The molecule has 8 heteroatoms. The summed E-state index contributed by atoms with van der Waals surface area (Å²) in [7, 11) is 0. The predicted molar refractivity (Wildman–Crippen MR) is 98.8 cm³/mol. The van der Waals surface area contributed by atoms with E-state index in [1.807, 2.05) is 24.5 Å². The Labute approximate surface area is 154 Å². The monoisotopic (exact) mass is 375 g/mol. The SMILES string of the molecule is CCSc1nnc(CSc2nc(C)cc(C)n2)n1-c1ccc(F)cc1. The van der Waals surface area contributed by atoms with Crippen LogP contribution in [0.25, 0.3) is 5.69 Å². The number of rotatable bonds is 6. The first kappa shape index (κ1) is 17.9. The fraction of sp³-hybridized carbons (Fsp3) is 0.294. The molecule has 1 aromatic carbocycles. The molecular formula is C17H18FN5S2. The Hall–Kier alpha value is -1.93. The summed E-state index contributed by atoms with van der Waals surface area (Å²) in [4.78, 5) is 8.89. The van der Waals surface area contributed by atoms with E-state index in [1.54, 1.807) is 23.9 Å². The van der Waals surface area contributed by atoms with Crippen LogP contribution in [0.2, 0.25) is 0 Å². The van der Waals surface area contributed by atoms with E-state index >= 15 is 0 Å². The van der Waals surface area contributed by atoms with Gasteiger partial charge in [-0.15, -0.1) is 10.2 Å². The highest BCUT2D eigenvalue weighted by Gasteiger charge is 2.15. The summed E-state index contributed by atoms with van der Waals surface area (Å²) in [5.74, 6) is 1.99. The third kappa shape index (κ3) is 4.38. The van der Waals surface area contributed by atoms with Crippen LogP contribution in [0.4, 0.5) is 4.39 Å². The number of aromatic nitrogens is 5. The molecule has 0 amide bonds. The Balaban J connectivity index is 1.89. The van der Waals surface area contributed by atoms with E-state index in [9.17, 15) is 4.39 Å². The van der Waals surface area contributed by atoms with Crippen molar-refractivity contribution < 1.29 is 4.39 Å². The van der Waals surface area contributed by atoms with Gasteiger partial charge >= 0.3 is 0 Å². The summed E-state index contributed by atoms with van der Waals surface area (Å²) < 4.78 is 15.2. The minimum Gasteiger partial charge on any atom is -0.273 e. The third-order valence-corrected chi connectivity index (χ3v) is 5.01. The lowest BCUT2D eigenvalue weighted by atomic mass is 10.3. The lowest BCUT2D eigenvalue weighted by Gasteiger charge is -2.09. The Morgan fingerprint density at radius 1 is 1.00 bits per heavy atom. The van der Waals surface area contributed by atoms with E-state index in [4.69, 9.17) is 0 Å². The van der Waals surface area contributed by atoms with E-state index in [0.717, 1.165) is 39.0 Å². The summed E-state index contributed by atoms with van der Waals surface area (Å²) >= 11 is 3.12. The topological polar surface area (TPSA) is 56.5 Å². The molecule has 0 radical (unpaired) electrons. The summed E-state index contributed by atoms with van der Waals surface area (Å²) in [5, 5.41) is 10.1. The van der Waals surface area contributed by atoms with Crippen molar-refractivity contribution in [2.24, 2.45) is 0 Å². The molecule has 130 valence electrons. The molecule has 0 saturated carbocycles. The fourth-order valence-electron chi connectivity index (χ4n) is 2.35. The molecule has 0 saturated heterocycles. The molecule has 0 N–H and O–H groups in total. The van der Waals surface area contributed by atoms with Gasteiger partial charge in [-0.1, -0.05) is 30.4 Å². The minimum absolute atomic E-state index is 0.263. The molecule has 2 aromatic heterocycles. The molecule has 2 heterocycles. The van der Waals surface area contributed by atoms with E-state index < -0.39 is 0 Å². The maximum Gasteiger partial charge on any atom is 0.195 e. The van der Waals surface area contributed by atoms with Crippen LogP contribution in [0.5, 0.6) is 0 Å². The summed E-state index contributed by atoms with van der Waals surface area (Å²) in [5.41, 5.74) is 2.73. The van der Waals surface area contributed by atoms with Crippen LogP contribution in [-0.4, -0.2) is 30.5 Å². The number of halogens is 1. The fourth-order valence-corrected chi connectivity index (χ4v) is 3.91. The van der Waals surface area contributed by atoms with Gasteiger partial charge in [-0.3, -0.25) is 4.57 Å². The zero-order valence-electron chi connectivity index (χ0n) is 14.2. The minimum atomic E-state index is -0.263. The van der Waals surface area contributed by atoms with Crippen molar-refractivity contribution in [3.8, 4) is 5.69 Å². The van der Waals surface area contributed by atoms with Crippen molar-refractivity contribution in [3.05, 3.63) is 53.4 Å². The van der Waals surface area contributed by atoms with Gasteiger partial charge in [0, 0.05) is 17.1 Å². The van der Waals surface area contributed by atoms with Crippen LogP contribution >= 0.6 is 23.5 Å². The van der Waals surface area contributed by atoms with Gasteiger partial charge in [0.15, 0.2) is 10.3 Å². The van der Waals surface area contributed by atoms with Crippen LogP contribution < -0.4 is 0 Å².